The maximum Gasteiger partial charge on any atom is 0.153 e. The summed E-state index contributed by atoms with van der Waals surface area (Å²) in [5.41, 5.74) is -2.58. The number of aliphatic hydroxyl groups excluding tert-OH is 3. The van der Waals surface area contributed by atoms with Crippen LogP contribution in [0.1, 0.15) is 34.1 Å². The Bertz CT molecular complexity index is 707. The van der Waals surface area contributed by atoms with Crippen molar-refractivity contribution in [3.63, 3.8) is 0 Å². The number of hydrogen-bond acceptors (Lipinski definition) is 5. The molecule has 0 amide bonds. The molecule has 0 aromatic rings. The number of fused-ring (bicyclic) bond motifs is 3. The zero-order chi connectivity index (χ0) is 18.5. The number of carbonyl (C=O) groups is 1. The number of carbonyl (C=O) groups excluding carboxylic acids is 1. The minimum atomic E-state index is -2.03. The third kappa shape index (κ3) is 1.71. The van der Waals surface area contributed by atoms with Crippen molar-refractivity contribution in [2.75, 3.05) is 6.61 Å². The summed E-state index contributed by atoms with van der Waals surface area (Å²) in [6.45, 7) is 7.50. The molecule has 0 saturated heterocycles. The fraction of sp³-hybridized carbons (Fsp3) is 0.750. The Labute approximate surface area is 148 Å². The molecule has 2 fully saturated rings. The molecular formula is C20H28O5. The van der Waals surface area contributed by atoms with E-state index in [1.807, 2.05) is 6.92 Å². The molecule has 4 N–H and O–H groups in total. The smallest absolute Gasteiger partial charge is 0.153 e. The Hall–Kier alpha value is -1.01. The number of rotatable bonds is 1. The zero-order valence-corrected chi connectivity index (χ0v) is 15.2. The van der Waals surface area contributed by atoms with Crippen LogP contribution in [0.5, 0.6) is 0 Å². The van der Waals surface area contributed by atoms with Gasteiger partial charge in [-0.3, -0.25) is 4.79 Å². The maximum absolute atomic E-state index is 13.7. The third-order valence-corrected chi connectivity index (χ3v) is 7.93. The molecule has 5 heteroatoms. The van der Waals surface area contributed by atoms with Crippen molar-refractivity contribution in [2.45, 2.75) is 51.9 Å². The van der Waals surface area contributed by atoms with E-state index >= 15 is 0 Å². The van der Waals surface area contributed by atoms with Gasteiger partial charge < -0.3 is 20.4 Å². The molecule has 2 saturated carbocycles. The van der Waals surface area contributed by atoms with Gasteiger partial charge >= 0.3 is 0 Å². The van der Waals surface area contributed by atoms with Crippen LogP contribution < -0.4 is 0 Å². The normalized spacial score (nSPS) is 53.2. The molecular weight excluding hydrogens is 320 g/mol. The monoisotopic (exact) mass is 348 g/mol. The molecule has 4 unspecified atom stereocenters. The molecule has 4 aliphatic rings. The standard InChI is InChI=1S/C20H28O5/c1-9-7-19-10(2)5-13-14(18(13,3)4)12(17(19)24)6-11(8-21)16(23)20(19,25)15(9)22/h6-7,10,12-16,21-23,25H,5,8H2,1-4H3/t10-,12?,13?,14?,15+,16-,19?,20-/m1/s1. The van der Waals surface area contributed by atoms with E-state index in [1.165, 1.54) is 0 Å². The van der Waals surface area contributed by atoms with Crippen molar-refractivity contribution in [3.05, 3.63) is 23.3 Å². The summed E-state index contributed by atoms with van der Waals surface area (Å²) in [5, 5.41) is 43.0. The van der Waals surface area contributed by atoms with Crippen LogP contribution in [0.15, 0.2) is 23.3 Å². The largest absolute Gasteiger partial charge is 0.392 e. The molecule has 5 nitrogen and oxygen atoms in total. The second-order valence-electron chi connectivity index (χ2n) is 9.27. The first-order chi connectivity index (χ1) is 11.5. The summed E-state index contributed by atoms with van der Waals surface area (Å²) in [4.78, 5) is 13.7. The van der Waals surface area contributed by atoms with Gasteiger partial charge in [0, 0.05) is 5.92 Å². The van der Waals surface area contributed by atoms with Gasteiger partial charge in [0.1, 0.15) is 17.8 Å². The summed E-state index contributed by atoms with van der Waals surface area (Å²) < 4.78 is 0. The van der Waals surface area contributed by atoms with Crippen molar-refractivity contribution >= 4 is 5.78 Å². The number of hydrogen-bond donors (Lipinski definition) is 4. The van der Waals surface area contributed by atoms with Crippen LogP contribution in [-0.2, 0) is 4.79 Å². The highest BCUT2D eigenvalue weighted by Gasteiger charge is 2.75. The summed E-state index contributed by atoms with van der Waals surface area (Å²) in [5.74, 6) is -0.288. The Balaban J connectivity index is 1.99. The molecule has 2 bridgehead atoms. The van der Waals surface area contributed by atoms with Crippen LogP contribution in [0.2, 0.25) is 0 Å². The highest BCUT2D eigenvalue weighted by Crippen LogP contribution is 2.71. The summed E-state index contributed by atoms with van der Waals surface area (Å²) >= 11 is 0. The van der Waals surface area contributed by atoms with Crippen LogP contribution in [0.25, 0.3) is 0 Å². The molecule has 0 aromatic heterocycles. The van der Waals surface area contributed by atoms with Crippen LogP contribution >= 0.6 is 0 Å². The number of ketones is 1. The zero-order valence-electron chi connectivity index (χ0n) is 15.2. The SMILES string of the molecule is CC1=CC23C(=O)C(C=C(CO)[C@@H](O)[C@]2(O)[C@H]1O)C1C(C[C@H]3C)C1(C)C. The number of allylic oxidation sites excluding steroid dienone is 1. The fourth-order valence-electron chi connectivity index (χ4n) is 6.43. The van der Waals surface area contributed by atoms with Gasteiger partial charge in [-0.25, -0.2) is 0 Å². The molecule has 0 radical (unpaired) electrons. The summed E-state index contributed by atoms with van der Waals surface area (Å²) in [7, 11) is 0. The Morgan fingerprint density at radius 2 is 1.88 bits per heavy atom. The van der Waals surface area contributed by atoms with Crippen LogP contribution in [0.3, 0.4) is 0 Å². The highest BCUT2D eigenvalue weighted by molar-refractivity contribution is 5.95. The van der Waals surface area contributed by atoms with E-state index in [9.17, 15) is 25.2 Å². The second-order valence-corrected chi connectivity index (χ2v) is 9.27. The van der Waals surface area contributed by atoms with Crippen molar-refractivity contribution in [3.8, 4) is 0 Å². The minimum Gasteiger partial charge on any atom is -0.392 e. The topological polar surface area (TPSA) is 98.0 Å². The molecule has 8 atom stereocenters. The Morgan fingerprint density at radius 1 is 1.24 bits per heavy atom. The van der Waals surface area contributed by atoms with Gasteiger partial charge in [0.05, 0.1) is 12.0 Å². The molecule has 0 heterocycles. The maximum atomic E-state index is 13.7. The van der Waals surface area contributed by atoms with E-state index in [0.717, 1.165) is 6.42 Å². The lowest BCUT2D eigenvalue weighted by atomic mass is 9.59. The van der Waals surface area contributed by atoms with E-state index in [4.69, 9.17) is 0 Å². The Morgan fingerprint density at radius 3 is 2.48 bits per heavy atom. The van der Waals surface area contributed by atoms with Gasteiger partial charge in [-0.1, -0.05) is 32.9 Å². The van der Waals surface area contributed by atoms with Gasteiger partial charge in [0.15, 0.2) is 5.78 Å². The molecule has 4 aliphatic carbocycles. The number of Topliss-reactive ketones (excluding diaryl/α,β-unsaturated/α-hetero) is 1. The minimum absolute atomic E-state index is 0.0245. The van der Waals surface area contributed by atoms with Gasteiger partial charge in [-0.2, -0.15) is 0 Å². The van der Waals surface area contributed by atoms with Crippen LogP contribution in [0, 0.1) is 34.5 Å². The lowest BCUT2D eigenvalue weighted by Gasteiger charge is -2.48. The molecule has 138 valence electrons. The summed E-state index contributed by atoms with van der Waals surface area (Å²) in [6, 6.07) is 0. The fourth-order valence-corrected chi connectivity index (χ4v) is 6.43. The Kier molecular flexibility index (Phi) is 3.36. The van der Waals surface area contributed by atoms with Crippen LogP contribution in [0.4, 0.5) is 0 Å². The van der Waals surface area contributed by atoms with Crippen molar-refractivity contribution < 1.29 is 25.2 Å². The van der Waals surface area contributed by atoms with Gasteiger partial charge in [-0.15, -0.1) is 0 Å². The lowest BCUT2D eigenvalue weighted by molar-refractivity contribution is -0.190. The quantitative estimate of drug-likeness (QED) is 0.526. The molecule has 0 aromatic carbocycles. The van der Waals surface area contributed by atoms with Gasteiger partial charge in [0.25, 0.3) is 0 Å². The predicted molar refractivity (Wildman–Crippen MR) is 91.4 cm³/mol. The van der Waals surface area contributed by atoms with E-state index in [0.29, 0.717) is 11.5 Å². The third-order valence-electron chi connectivity index (χ3n) is 7.93. The van der Waals surface area contributed by atoms with Crippen molar-refractivity contribution in [2.24, 2.45) is 34.5 Å². The van der Waals surface area contributed by atoms with Gasteiger partial charge in [-0.05, 0) is 47.7 Å². The van der Waals surface area contributed by atoms with E-state index in [-0.39, 0.29) is 28.6 Å². The molecule has 25 heavy (non-hydrogen) atoms. The molecule has 1 spiro atoms. The molecule has 0 aliphatic heterocycles. The first kappa shape index (κ1) is 17.4. The van der Waals surface area contributed by atoms with E-state index in [1.54, 1.807) is 19.1 Å². The highest BCUT2D eigenvalue weighted by atomic mass is 16.4. The first-order valence-electron chi connectivity index (χ1n) is 9.18. The summed E-state index contributed by atoms with van der Waals surface area (Å²) in [6.07, 6.45) is 1.34. The van der Waals surface area contributed by atoms with Crippen molar-refractivity contribution in [1.29, 1.82) is 0 Å². The van der Waals surface area contributed by atoms with Gasteiger partial charge in [0.2, 0.25) is 0 Å². The van der Waals surface area contributed by atoms with Crippen molar-refractivity contribution in [1.82, 2.24) is 0 Å². The lowest BCUT2D eigenvalue weighted by Crippen LogP contribution is -2.65. The number of aliphatic hydroxyl groups is 4. The predicted octanol–water partition coefficient (Wildman–Crippen LogP) is 0.815. The average molecular weight is 348 g/mol. The second kappa shape index (κ2) is 4.83. The first-order valence-corrected chi connectivity index (χ1v) is 9.18. The average Bonchev–Trinajstić information content (AvgIpc) is 3.05. The molecule has 4 rings (SSSR count). The van der Waals surface area contributed by atoms with E-state index < -0.39 is 35.7 Å². The van der Waals surface area contributed by atoms with E-state index in [2.05, 4.69) is 13.8 Å². The van der Waals surface area contributed by atoms with Crippen LogP contribution in [-0.4, -0.2) is 50.6 Å².